The van der Waals surface area contributed by atoms with E-state index in [9.17, 15) is 8.42 Å². The van der Waals surface area contributed by atoms with Gasteiger partial charge in [0.2, 0.25) is 10.0 Å². The minimum atomic E-state index is -3.29. The molecule has 104 valence electrons. The zero-order valence-electron chi connectivity index (χ0n) is 11.2. The van der Waals surface area contributed by atoms with Crippen molar-refractivity contribution in [2.45, 2.75) is 6.54 Å². The molecule has 0 atom stereocenters. The van der Waals surface area contributed by atoms with E-state index < -0.39 is 10.0 Å². The lowest BCUT2D eigenvalue weighted by Gasteiger charge is -2.06. The first-order valence-corrected chi connectivity index (χ1v) is 8.04. The quantitative estimate of drug-likeness (QED) is 0.860. The van der Waals surface area contributed by atoms with Crippen molar-refractivity contribution >= 4 is 21.9 Å². The van der Waals surface area contributed by atoms with E-state index in [2.05, 4.69) is 9.71 Å². The molecule has 0 aromatic heterocycles. The highest BCUT2D eigenvalue weighted by Gasteiger charge is 2.04. The molecule has 2 rings (SSSR count). The largest absolute Gasteiger partial charge is 0.288 e. The van der Waals surface area contributed by atoms with Gasteiger partial charge in [-0.2, -0.15) is 0 Å². The molecule has 0 heterocycles. The molecule has 0 radical (unpaired) electrons. The molecule has 0 aliphatic rings. The Balaban J connectivity index is 2.13. The first kappa shape index (κ1) is 14.3. The van der Waals surface area contributed by atoms with Crippen molar-refractivity contribution in [1.82, 2.24) is 0 Å². The van der Waals surface area contributed by atoms with Crippen LogP contribution in [-0.2, 0) is 16.6 Å². The Morgan fingerprint density at radius 1 is 1.05 bits per heavy atom. The van der Waals surface area contributed by atoms with Crippen LogP contribution in [0.4, 0.5) is 5.69 Å². The topological polar surface area (TPSA) is 58.5 Å². The van der Waals surface area contributed by atoms with Crippen molar-refractivity contribution in [1.29, 1.82) is 0 Å². The first-order chi connectivity index (χ1) is 9.54. The number of anilines is 1. The van der Waals surface area contributed by atoms with Crippen LogP contribution >= 0.6 is 0 Å². The summed E-state index contributed by atoms with van der Waals surface area (Å²) in [5.74, 6) is 0. The standard InChI is InChI=1S/C15H16N2O2S/c1-20(18,19)17-15-10-6-5-9-14(15)12-16-11-13-7-3-2-4-8-13/h2-10,12,17H,11H2,1H3/b16-12+. The molecule has 0 fully saturated rings. The number of nitrogens with one attached hydrogen (secondary N) is 1. The third-order valence-corrected chi connectivity index (χ3v) is 3.19. The van der Waals surface area contributed by atoms with Gasteiger partial charge in [-0.25, -0.2) is 8.42 Å². The molecule has 4 nitrogen and oxygen atoms in total. The molecule has 0 saturated carbocycles. The maximum atomic E-state index is 11.3. The maximum Gasteiger partial charge on any atom is 0.229 e. The van der Waals surface area contributed by atoms with Crippen LogP contribution in [0, 0.1) is 0 Å². The van der Waals surface area contributed by atoms with Gasteiger partial charge in [-0.3, -0.25) is 9.71 Å². The number of sulfonamides is 1. The number of para-hydroxylation sites is 1. The van der Waals surface area contributed by atoms with Crippen molar-refractivity contribution in [2.24, 2.45) is 4.99 Å². The SMILES string of the molecule is CS(=O)(=O)Nc1ccccc1/C=N/Cc1ccccc1. The van der Waals surface area contributed by atoms with Crippen LogP contribution < -0.4 is 4.72 Å². The lowest BCUT2D eigenvalue weighted by Crippen LogP contribution is -2.11. The Morgan fingerprint density at radius 3 is 2.40 bits per heavy atom. The zero-order valence-corrected chi connectivity index (χ0v) is 12.0. The Labute approximate surface area is 119 Å². The molecule has 2 aromatic rings. The smallest absolute Gasteiger partial charge is 0.229 e. The predicted molar refractivity (Wildman–Crippen MR) is 82.6 cm³/mol. The van der Waals surface area contributed by atoms with Crippen LogP contribution in [0.15, 0.2) is 59.6 Å². The predicted octanol–water partition coefficient (Wildman–Crippen LogP) is 2.68. The summed E-state index contributed by atoms with van der Waals surface area (Å²) in [4.78, 5) is 4.34. The first-order valence-electron chi connectivity index (χ1n) is 6.15. The summed E-state index contributed by atoms with van der Waals surface area (Å²) in [5, 5.41) is 0. The van der Waals surface area contributed by atoms with Gasteiger partial charge in [-0.05, 0) is 11.6 Å². The summed E-state index contributed by atoms with van der Waals surface area (Å²) in [6.45, 7) is 0.564. The third kappa shape index (κ3) is 4.51. The van der Waals surface area contributed by atoms with Crippen molar-refractivity contribution < 1.29 is 8.42 Å². The molecule has 0 unspecified atom stereocenters. The highest BCUT2D eigenvalue weighted by atomic mass is 32.2. The molecular weight excluding hydrogens is 272 g/mol. The minimum Gasteiger partial charge on any atom is -0.288 e. The van der Waals surface area contributed by atoms with E-state index in [0.29, 0.717) is 12.2 Å². The molecule has 5 heteroatoms. The fraction of sp³-hybridized carbons (Fsp3) is 0.133. The average molecular weight is 288 g/mol. The van der Waals surface area contributed by atoms with Gasteiger partial charge in [-0.15, -0.1) is 0 Å². The molecule has 2 aromatic carbocycles. The van der Waals surface area contributed by atoms with Gasteiger partial charge in [0.15, 0.2) is 0 Å². The van der Waals surface area contributed by atoms with E-state index in [1.807, 2.05) is 42.5 Å². The van der Waals surface area contributed by atoms with Crippen LogP contribution in [0.2, 0.25) is 0 Å². The summed E-state index contributed by atoms with van der Waals surface area (Å²) in [6, 6.07) is 17.0. The molecule has 20 heavy (non-hydrogen) atoms. The minimum absolute atomic E-state index is 0.534. The molecule has 0 saturated heterocycles. The normalized spacial score (nSPS) is 11.7. The molecule has 0 amide bonds. The second-order valence-electron chi connectivity index (χ2n) is 4.42. The molecule has 0 aliphatic carbocycles. The van der Waals surface area contributed by atoms with Crippen LogP contribution in [0.1, 0.15) is 11.1 Å². The van der Waals surface area contributed by atoms with Gasteiger partial charge in [0.05, 0.1) is 18.5 Å². The van der Waals surface area contributed by atoms with Crippen LogP contribution in [0.25, 0.3) is 0 Å². The van der Waals surface area contributed by atoms with E-state index in [1.165, 1.54) is 0 Å². The van der Waals surface area contributed by atoms with E-state index in [0.717, 1.165) is 17.4 Å². The van der Waals surface area contributed by atoms with E-state index in [-0.39, 0.29) is 0 Å². The molecule has 0 aliphatic heterocycles. The molecule has 0 bridgehead atoms. The zero-order chi connectivity index (χ0) is 14.4. The second-order valence-corrected chi connectivity index (χ2v) is 6.17. The summed E-state index contributed by atoms with van der Waals surface area (Å²) >= 11 is 0. The lowest BCUT2D eigenvalue weighted by molar-refractivity contribution is 0.607. The van der Waals surface area contributed by atoms with Crippen molar-refractivity contribution in [3.8, 4) is 0 Å². The molecule has 0 spiro atoms. The third-order valence-electron chi connectivity index (χ3n) is 2.60. The van der Waals surface area contributed by atoms with E-state index in [4.69, 9.17) is 0 Å². The Bertz CT molecular complexity index is 695. The Morgan fingerprint density at radius 2 is 1.70 bits per heavy atom. The summed E-state index contributed by atoms with van der Waals surface area (Å²) in [5.41, 5.74) is 2.39. The van der Waals surface area contributed by atoms with Crippen LogP contribution in [-0.4, -0.2) is 20.9 Å². The van der Waals surface area contributed by atoms with E-state index >= 15 is 0 Å². The second kappa shape index (κ2) is 6.34. The monoisotopic (exact) mass is 288 g/mol. The summed E-state index contributed by atoms with van der Waals surface area (Å²) in [7, 11) is -3.29. The average Bonchev–Trinajstić information content (AvgIpc) is 2.40. The van der Waals surface area contributed by atoms with Gasteiger partial charge in [0, 0.05) is 11.8 Å². The summed E-state index contributed by atoms with van der Waals surface area (Å²) in [6.07, 6.45) is 2.81. The Kier molecular flexibility index (Phi) is 4.53. The fourth-order valence-corrected chi connectivity index (χ4v) is 2.32. The van der Waals surface area contributed by atoms with Crippen molar-refractivity contribution in [3.63, 3.8) is 0 Å². The fourth-order valence-electron chi connectivity index (χ4n) is 1.74. The number of rotatable bonds is 5. The van der Waals surface area contributed by atoms with Gasteiger partial charge in [0.25, 0.3) is 0 Å². The lowest BCUT2D eigenvalue weighted by atomic mass is 10.2. The van der Waals surface area contributed by atoms with Crippen LogP contribution in [0.5, 0.6) is 0 Å². The number of hydrogen-bond acceptors (Lipinski definition) is 3. The highest BCUT2D eigenvalue weighted by molar-refractivity contribution is 7.92. The van der Waals surface area contributed by atoms with Gasteiger partial charge < -0.3 is 0 Å². The molecular formula is C15H16N2O2S. The molecule has 1 N–H and O–H groups in total. The van der Waals surface area contributed by atoms with Crippen molar-refractivity contribution in [2.75, 3.05) is 11.0 Å². The number of nitrogens with zero attached hydrogens (tertiary/aromatic N) is 1. The number of hydrogen-bond donors (Lipinski definition) is 1. The van der Waals surface area contributed by atoms with Gasteiger partial charge in [-0.1, -0.05) is 48.5 Å². The van der Waals surface area contributed by atoms with E-state index in [1.54, 1.807) is 18.3 Å². The summed E-state index contributed by atoms with van der Waals surface area (Å²) < 4.78 is 25.1. The number of benzene rings is 2. The van der Waals surface area contributed by atoms with Crippen molar-refractivity contribution in [3.05, 3.63) is 65.7 Å². The Hall–Kier alpha value is -2.14. The highest BCUT2D eigenvalue weighted by Crippen LogP contribution is 2.14. The van der Waals surface area contributed by atoms with Gasteiger partial charge >= 0.3 is 0 Å². The van der Waals surface area contributed by atoms with Gasteiger partial charge in [0.1, 0.15) is 0 Å². The number of aliphatic imine (C=N–C) groups is 1. The maximum absolute atomic E-state index is 11.3. The van der Waals surface area contributed by atoms with Crippen LogP contribution in [0.3, 0.4) is 0 Å².